The number of hydrogen-bond donors (Lipinski definition) is 1. The van der Waals surface area contributed by atoms with Crippen molar-refractivity contribution >= 4 is 15.9 Å². The lowest BCUT2D eigenvalue weighted by Gasteiger charge is -2.40. The van der Waals surface area contributed by atoms with Gasteiger partial charge in [-0.25, -0.2) is 13.4 Å². The normalized spacial score (nSPS) is 24.4. The fraction of sp³-hybridized carbons (Fsp3) is 0.429. The van der Waals surface area contributed by atoms with Gasteiger partial charge < -0.3 is 14.6 Å². The number of ether oxygens (including phenoxy) is 1. The van der Waals surface area contributed by atoms with Crippen LogP contribution in [0.3, 0.4) is 0 Å². The second-order valence-corrected chi connectivity index (χ2v) is 9.46. The Hall–Kier alpha value is -2.65. The van der Waals surface area contributed by atoms with Gasteiger partial charge in [-0.15, -0.1) is 0 Å². The van der Waals surface area contributed by atoms with E-state index in [0.29, 0.717) is 50.1 Å². The molecule has 0 unspecified atom stereocenters. The fourth-order valence-corrected chi connectivity index (χ4v) is 5.71. The number of piperidine rings is 1. The Morgan fingerprint density at radius 2 is 2.07 bits per heavy atom. The van der Waals surface area contributed by atoms with Gasteiger partial charge in [0.1, 0.15) is 5.75 Å². The average molecular weight is 431 g/mol. The number of imidazole rings is 1. The minimum absolute atomic E-state index is 0.0332. The highest BCUT2D eigenvalue weighted by molar-refractivity contribution is 7.89. The number of fused-ring (bicyclic) bond motifs is 2. The number of nitrogens with one attached hydrogen (secondary N) is 1. The highest BCUT2D eigenvalue weighted by Gasteiger charge is 2.40. The van der Waals surface area contributed by atoms with Crippen molar-refractivity contribution in [1.82, 2.24) is 19.2 Å². The molecule has 0 radical (unpaired) electrons. The summed E-state index contributed by atoms with van der Waals surface area (Å²) in [6.45, 7) is 0.855. The third kappa shape index (κ3) is 4.13. The molecular formula is C21H26N4O4S. The number of sulfonamides is 1. The zero-order valence-corrected chi connectivity index (χ0v) is 17.7. The first kappa shape index (κ1) is 20.6. The molecule has 160 valence electrons. The van der Waals surface area contributed by atoms with Crippen LogP contribution in [0.25, 0.3) is 0 Å². The molecule has 30 heavy (non-hydrogen) atoms. The number of nitrogens with zero attached hydrogens (tertiary/aromatic N) is 3. The van der Waals surface area contributed by atoms with Crippen LogP contribution in [-0.4, -0.2) is 53.4 Å². The van der Waals surface area contributed by atoms with Gasteiger partial charge in [-0.2, -0.15) is 4.31 Å². The molecule has 1 saturated heterocycles. The molecule has 0 spiro atoms. The van der Waals surface area contributed by atoms with Crippen molar-refractivity contribution < 1.29 is 17.9 Å². The average Bonchev–Trinajstić information content (AvgIpc) is 3.18. The predicted molar refractivity (Wildman–Crippen MR) is 112 cm³/mol. The monoisotopic (exact) mass is 430 g/mol. The molecule has 1 N–H and O–H groups in total. The molecule has 2 atom stereocenters. The van der Waals surface area contributed by atoms with Gasteiger partial charge in [0.05, 0.1) is 18.5 Å². The van der Waals surface area contributed by atoms with Crippen LogP contribution in [0.1, 0.15) is 36.0 Å². The molecule has 1 aromatic carbocycles. The third-order valence-corrected chi connectivity index (χ3v) is 7.33. The van der Waals surface area contributed by atoms with Gasteiger partial charge in [-0.1, -0.05) is 24.3 Å². The third-order valence-electron chi connectivity index (χ3n) is 5.52. The van der Waals surface area contributed by atoms with Gasteiger partial charge in [0, 0.05) is 31.9 Å². The largest absolute Gasteiger partial charge is 0.492 e. The van der Waals surface area contributed by atoms with Crippen LogP contribution in [0.4, 0.5) is 0 Å². The Balaban J connectivity index is 1.67. The van der Waals surface area contributed by atoms with E-state index in [4.69, 9.17) is 4.74 Å². The molecule has 3 heterocycles. The Morgan fingerprint density at radius 1 is 1.23 bits per heavy atom. The topological polar surface area (TPSA) is 93.5 Å². The fourth-order valence-electron chi connectivity index (χ4n) is 4.03. The van der Waals surface area contributed by atoms with Crippen molar-refractivity contribution in [2.75, 3.05) is 13.2 Å². The van der Waals surface area contributed by atoms with E-state index in [2.05, 4.69) is 10.3 Å². The summed E-state index contributed by atoms with van der Waals surface area (Å²) >= 11 is 0. The van der Waals surface area contributed by atoms with Gasteiger partial charge in [0.25, 0.3) is 15.9 Å². The van der Waals surface area contributed by atoms with E-state index < -0.39 is 10.0 Å². The maximum Gasteiger partial charge on any atom is 0.262 e. The van der Waals surface area contributed by atoms with E-state index in [1.165, 1.54) is 16.8 Å². The lowest BCUT2D eigenvalue weighted by molar-refractivity contribution is 0.0887. The summed E-state index contributed by atoms with van der Waals surface area (Å²) in [5.41, 5.74) is 0.463. The Labute approximate surface area is 176 Å². The summed E-state index contributed by atoms with van der Waals surface area (Å²) in [6, 6.07) is 6.45. The maximum atomic E-state index is 13.3. The summed E-state index contributed by atoms with van der Waals surface area (Å²) in [4.78, 5) is 17.1. The molecule has 1 amide bonds. The Bertz CT molecular complexity index is 1050. The van der Waals surface area contributed by atoms with Gasteiger partial charge in [0.2, 0.25) is 0 Å². The van der Waals surface area contributed by atoms with E-state index in [1.807, 2.05) is 18.2 Å². The molecule has 4 rings (SSSR count). The SMILES string of the molecule is Cn1cnc(S(=O)(=O)N2CCC[C@@H]3NC(=O)c4ccccc4OCC/C=C/C[C@@H]32)c1. The molecule has 0 bridgehead atoms. The van der Waals surface area contributed by atoms with Crippen LogP contribution in [0.2, 0.25) is 0 Å². The van der Waals surface area contributed by atoms with Gasteiger partial charge >= 0.3 is 0 Å². The van der Waals surface area contributed by atoms with E-state index in [1.54, 1.807) is 29.8 Å². The first-order chi connectivity index (χ1) is 14.5. The van der Waals surface area contributed by atoms with E-state index in [9.17, 15) is 13.2 Å². The van der Waals surface area contributed by atoms with E-state index in [0.717, 1.165) is 0 Å². The number of carbonyl (C=O) groups excluding carboxylic acids is 1. The number of aromatic nitrogens is 2. The molecule has 9 heteroatoms. The van der Waals surface area contributed by atoms with Crippen molar-refractivity contribution in [3.8, 4) is 5.75 Å². The number of aryl methyl sites for hydroxylation is 1. The lowest BCUT2D eigenvalue weighted by Crippen LogP contribution is -2.56. The number of hydrogen-bond acceptors (Lipinski definition) is 5. The first-order valence-corrected chi connectivity index (χ1v) is 11.6. The van der Waals surface area contributed by atoms with Crippen LogP contribution in [0, 0.1) is 0 Å². The predicted octanol–water partition coefficient (Wildman–Crippen LogP) is 2.10. The first-order valence-electron chi connectivity index (χ1n) is 10.1. The Kier molecular flexibility index (Phi) is 5.92. The summed E-state index contributed by atoms with van der Waals surface area (Å²) in [7, 11) is -2.02. The van der Waals surface area contributed by atoms with E-state index >= 15 is 0 Å². The van der Waals surface area contributed by atoms with Crippen LogP contribution in [-0.2, 0) is 17.1 Å². The highest BCUT2D eigenvalue weighted by atomic mass is 32.2. The van der Waals surface area contributed by atoms with Crippen LogP contribution >= 0.6 is 0 Å². The second-order valence-electron chi connectivity index (χ2n) is 7.62. The number of benzene rings is 1. The van der Waals surface area contributed by atoms with Gasteiger partial charge in [-0.05, 0) is 37.8 Å². The van der Waals surface area contributed by atoms with Crippen LogP contribution in [0.5, 0.6) is 5.75 Å². The Morgan fingerprint density at radius 3 is 2.87 bits per heavy atom. The molecule has 1 aromatic heterocycles. The molecule has 1 fully saturated rings. The van der Waals surface area contributed by atoms with Crippen molar-refractivity contribution in [2.24, 2.45) is 7.05 Å². The molecule has 2 aliphatic heterocycles. The minimum Gasteiger partial charge on any atom is -0.492 e. The maximum absolute atomic E-state index is 13.3. The van der Waals surface area contributed by atoms with Crippen molar-refractivity contribution in [3.05, 3.63) is 54.5 Å². The quantitative estimate of drug-likeness (QED) is 0.737. The molecular weight excluding hydrogens is 404 g/mol. The molecule has 0 aliphatic carbocycles. The van der Waals surface area contributed by atoms with Crippen LogP contribution < -0.4 is 10.1 Å². The number of carbonyl (C=O) groups is 1. The summed E-state index contributed by atoms with van der Waals surface area (Å²) < 4.78 is 35.5. The number of para-hydroxylation sites is 1. The second kappa shape index (κ2) is 8.61. The zero-order valence-electron chi connectivity index (χ0n) is 16.9. The minimum atomic E-state index is -3.76. The molecule has 2 aromatic rings. The molecule has 2 aliphatic rings. The number of rotatable bonds is 2. The smallest absolute Gasteiger partial charge is 0.262 e. The standard InChI is InChI=1S/C21H26N4O4S/c1-24-14-20(22-15-24)30(27,28)25-12-7-9-17-18(25)10-3-2-6-13-29-19-11-5-4-8-16(19)21(26)23-17/h2-5,8,11,14-15,17-18H,6-7,9-10,12-13H2,1H3,(H,23,26)/b3-2+/t17-,18-/m0/s1. The van der Waals surface area contributed by atoms with Gasteiger partial charge in [-0.3, -0.25) is 4.79 Å². The van der Waals surface area contributed by atoms with Crippen molar-refractivity contribution in [1.29, 1.82) is 0 Å². The lowest BCUT2D eigenvalue weighted by atomic mass is 9.95. The van der Waals surface area contributed by atoms with Gasteiger partial charge in [0.15, 0.2) is 5.03 Å². The molecule has 8 nitrogen and oxygen atoms in total. The van der Waals surface area contributed by atoms with Crippen molar-refractivity contribution in [2.45, 2.75) is 42.8 Å². The number of amides is 1. The summed E-state index contributed by atoms with van der Waals surface area (Å²) in [6.07, 6.45) is 9.54. The van der Waals surface area contributed by atoms with Crippen molar-refractivity contribution in [3.63, 3.8) is 0 Å². The molecule has 0 saturated carbocycles. The highest BCUT2D eigenvalue weighted by Crippen LogP contribution is 2.28. The summed E-state index contributed by atoms with van der Waals surface area (Å²) in [5.74, 6) is 0.288. The summed E-state index contributed by atoms with van der Waals surface area (Å²) in [5, 5.41) is 3.10. The zero-order chi connectivity index (χ0) is 21.1. The van der Waals surface area contributed by atoms with Crippen LogP contribution in [0.15, 0.2) is 54.0 Å². The van der Waals surface area contributed by atoms with E-state index in [-0.39, 0.29) is 23.0 Å².